The summed E-state index contributed by atoms with van der Waals surface area (Å²) in [5, 5.41) is 4.53. The Labute approximate surface area is 124 Å². The molecule has 0 radical (unpaired) electrons. The molecule has 20 heavy (non-hydrogen) atoms. The van der Waals surface area contributed by atoms with Gasteiger partial charge in [-0.25, -0.2) is 4.98 Å². The predicted molar refractivity (Wildman–Crippen MR) is 86.7 cm³/mol. The van der Waals surface area contributed by atoms with Crippen LogP contribution in [0.15, 0.2) is 30.3 Å². The summed E-state index contributed by atoms with van der Waals surface area (Å²) in [5.74, 6) is 0. The molecule has 0 unspecified atom stereocenters. The lowest BCUT2D eigenvalue weighted by Crippen LogP contribution is -2.29. The fourth-order valence-corrected chi connectivity index (χ4v) is 3.66. The molecule has 0 aliphatic carbocycles. The monoisotopic (exact) mass is 287 g/mol. The number of nitrogens with zero attached hydrogens (tertiary/aromatic N) is 2. The number of thiazole rings is 1. The van der Waals surface area contributed by atoms with Crippen LogP contribution in [-0.4, -0.2) is 17.1 Å². The van der Waals surface area contributed by atoms with Gasteiger partial charge < -0.3 is 10.2 Å². The van der Waals surface area contributed by atoms with Gasteiger partial charge >= 0.3 is 0 Å². The fourth-order valence-electron chi connectivity index (χ4n) is 2.43. The van der Waals surface area contributed by atoms with E-state index in [-0.39, 0.29) is 5.54 Å². The Hall–Kier alpha value is -1.55. The van der Waals surface area contributed by atoms with E-state index in [0.717, 1.165) is 24.6 Å². The van der Waals surface area contributed by atoms with Crippen LogP contribution in [0.1, 0.15) is 31.3 Å². The summed E-state index contributed by atoms with van der Waals surface area (Å²) in [5.41, 5.74) is 2.64. The van der Waals surface area contributed by atoms with Crippen LogP contribution in [0.2, 0.25) is 0 Å². The molecule has 0 fully saturated rings. The van der Waals surface area contributed by atoms with E-state index in [1.807, 2.05) is 0 Å². The molecular formula is C16H21N3S. The molecule has 106 valence electrons. The third-order valence-corrected chi connectivity index (χ3v) is 4.33. The fraction of sp³-hybridized carbons (Fsp3) is 0.438. The molecule has 0 atom stereocenters. The van der Waals surface area contributed by atoms with Crippen LogP contribution in [0.3, 0.4) is 0 Å². The van der Waals surface area contributed by atoms with Gasteiger partial charge in [-0.05, 0) is 32.9 Å². The Balaban J connectivity index is 1.78. The summed E-state index contributed by atoms with van der Waals surface area (Å²) in [7, 11) is 0. The highest BCUT2D eigenvalue weighted by atomic mass is 32.1. The molecule has 2 aromatic rings. The average molecular weight is 287 g/mol. The SMILES string of the molecule is CC(C)(C)Nc1nc2c(s1)CN(c1ccccc1)CC2. The summed E-state index contributed by atoms with van der Waals surface area (Å²) < 4.78 is 0. The van der Waals surface area contributed by atoms with Gasteiger partial charge in [-0.15, -0.1) is 0 Å². The van der Waals surface area contributed by atoms with Crippen LogP contribution >= 0.6 is 11.3 Å². The second kappa shape index (κ2) is 5.09. The van der Waals surface area contributed by atoms with E-state index in [4.69, 9.17) is 4.98 Å². The standard InChI is InChI=1S/C16H21N3S/c1-16(2,3)18-15-17-13-9-10-19(11-14(13)20-15)12-7-5-4-6-8-12/h4-8H,9-11H2,1-3H3,(H,17,18). The molecule has 2 heterocycles. The maximum atomic E-state index is 4.74. The highest BCUT2D eigenvalue weighted by molar-refractivity contribution is 7.15. The largest absolute Gasteiger partial charge is 0.366 e. The molecule has 3 nitrogen and oxygen atoms in total. The van der Waals surface area contributed by atoms with Crippen molar-refractivity contribution in [2.45, 2.75) is 39.3 Å². The van der Waals surface area contributed by atoms with E-state index in [1.54, 1.807) is 11.3 Å². The van der Waals surface area contributed by atoms with Crippen LogP contribution in [0, 0.1) is 0 Å². The second-order valence-corrected chi connectivity index (χ2v) is 7.35. The van der Waals surface area contributed by atoms with Crippen LogP contribution in [0.5, 0.6) is 0 Å². The number of nitrogens with one attached hydrogen (secondary N) is 1. The number of para-hydroxylation sites is 1. The summed E-state index contributed by atoms with van der Waals surface area (Å²) in [6.45, 7) is 8.54. The Morgan fingerprint density at radius 2 is 1.95 bits per heavy atom. The number of hydrogen-bond donors (Lipinski definition) is 1. The lowest BCUT2D eigenvalue weighted by Gasteiger charge is -2.28. The van der Waals surface area contributed by atoms with Gasteiger partial charge in [0.2, 0.25) is 0 Å². The Morgan fingerprint density at radius 1 is 1.20 bits per heavy atom. The molecule has 0 spiro atoms. The number of anilines is 2. The van der Waals surface area contributed by atoms with Crippen LogP contribution in [-0.2, 0) is 13.0 Å². The number of fused-ring (bicyclic) bond motifs is 1. The van der Waals surface area contributed by atoms with Crippen molar-refractivity contribution < 1.29 is 0 Å². The molecule has 1 aliphatic rings. The van der Waals surface area contributed by atoms with Gasteiger partial charge in [0.05, 0.1) is 12.2 Å². The molecule has 1 N–H and O–H groups in total. The van der Waals surface area contributed by atoms with Gasteiger partial charge in [0.1, 0.15) is 0 Å². The highest BCUT2D eigenvalue weighted by Gasteiger charge is 2.22. The topological polar surface area (TPSA) is 28.2 Å². The Morgan fingerprint density at radius 3 is 2.65 bits per heavy atom. The van der Waals surface area contributed by atoms with Gasteiger partial charge in [-0.3, -0.25) is 0 Å². The lowest BCUT2D eigenvalue weighted by atomic mass is 10.1. The summed E-state index contributed by atoms with van der Waals surface area (Å²) in [6, 6.07) is 10.6. The summed E-state index contributed by atoms with van der Waals surface area (Å²) in [4.78, 5) is 8.57. The zero-order chi connectivity index (χ0) is 14.2. The average Bonchev–Trinajstić information content (AvgIpc) is 2.78. The van der Waals surface area contributed by atoms with Gasteiger partial charge in [0, 0.05) is 29.1 Å². The molecule has 1 aromatic heterocycles. The predicted octanol–water partition coefficient (Wildman–Crippen LogP) is 3.92. The van der Waals surface area contributed by atoms with E-state index in [9.17, 15) is 0 Å². The van der Waals surface area contributed by atoms with Crippen molar-refractivity contribution in [2.24, 2.45) is 0 Å². The number of benzene rings is 1. The van der Waals surface area contributed by atoms with Crippen molar-refractivity contribution in [3.05, 3.63) is 40.9 Å². The van der Waals surface area contributed by atoms with E-state index >= 15 is 0 Å². The highest BCUT2D eigenvalue weighted by Crippen LogP contribution is 2.31. The van der Waals surface area contributed by atoms with Crippen molar-refractivity contribution in [3.8, 4) is 0 Å². The minimum absolute atomic E-state index is 0.0690. The van der Waals surface area contributed by atoms with Crippen LogP contribution < -0.4 is 10.2 Å². The third-order valence-electron chi connectivity index (χ3n) is 3.33. The normalized spacial score (nSPS) is 15.1. The first kappa shape index (κ1) is 13.4. The lowest BCUT2D eigenvalue weighted by molar-refractivity contribution is 0.632. The first-order valence-electron chi connectivity index (χ1n) is 7.08. The third kappa shape index (κ3) is 2.96. The molecule has 0 saturated carbocycles. The van der Waals surface area contributed by atoms with Crippen molar-refractivity contribution in [3.63, 3.8) is 0 Å². The second-order valence-electron chi connectivity index (χ2n) is 6.27. The first-order chi connectivity index (χ1) is 9.51. The van der Waals surface area contributed by atoms with Gasteiger partial charge in [0.25, 0.3) is 0 Å². The zero-order valence-electron chi connectivity index (χ0n) is 12.3. The molecule has 0 bridgehead atoms. The van der Waals surface area contributed by atoms with Gasteiger partial charge in [-0.1, -0.05) is 29.5 Å². The Bertz CT molecular complexity index is 584. The van der Waals surface area contributed by atoms with E-state index in [1.165, 1.54) is 16.3 Å². The molecule has 0 saturated heterocycles. The smallest absolute Gasteiger partial charge is 0.183 e. The van der Waals surface area contributed by atoms with Gasteiger partial charge in [0.15, 0.2) is 5.13 Å². The molecule has 3 rings (SSSR count). The first-order valence-corrected chi connectivity index (χ1v) is 7.90. The quantitative estimate of drug-likeness (QED) is 0.907. The van der Waals surface area contributed by atoms with Crippen LogP contribution in [0.4, 0.5) is 10.8 Å². The molecule has 1 aromatic carbocycles. The molecule has 0 amide bonds. The van der Waals surface area contributed by atoms with Crippen molar-refractivity contribution in [1.82, 2.24) is 4.98 Å². The minimum Gasteiger partial charge on any atom is -0.366 e. The van der Waals surface area contributed by atoms with E-state index in [2.05, 4.69) is 61.3 Å². The molecular weight excluding hydrogens is 266 g/mol. The van der Waals surface area contributed by atoms with Crippen molar-refractivity contribution >= 4 is 22.2 Å². The van der Waals surface area contributed by atoms with Crippen molar-refractivity contribution in [2.75, 3.05) is 16.8 Å². The maximum Gasteiger partial charge on any atom is 0.183 e. The minimum atomic E-state index is 0.0690. The van der Waals surface area contributed by atoms with E-state index in [0.29, 0.717) is 0 Å². The zero-order valence-corrected chi connectivity index (χ0v) is 13.1. The van der Waals surface area contributed by atoms with E-state index < -0.39 is 0 Å². The summed E-state index contributed by atoms with van der Waals surface area (Å²) in [6.07, 6.45) is 1.03. The molecule has 4 heteroatoms. The number of hydrogen-bond acceptors (Lipinski definition) is 4. The van der Waals surface area contributed by atoms with Gasteiger partial charge in [-0.2, -0.15) is 0 Å². The molecule has 1 aliphatic heterocycles. The number of rotatable bonds is 2. The Kier molecular flexibility index (Phi) is 3.42. The maximum absolute atomic E-state index is 4.74. The van der Waals surface area contributed by atoms with Crippen LogP contribution in [0.25, 0.3) is 0 Å². The van der Waals surface area contributed by atoms with Crippen molar-refractivity contribution in [1.29, 1.82) is 0 Å². The number of aromatic nitrogens is 1. The summed E-state index contributed by atoms with van der Waals surface area (Å²) >= 11 is 1.80.